The molecule has 1 unspecified atom stereocenters. The van der Waals surface area contributed by atoms with Crippen molar-refractivity contribution in [2.75, 3.05) is 6.26 Å². The molecular weight excluding hydrogens is 355 g/mol. The predicted molar refractivity (Wildman–Crippen MR) is 87.8 cm³/mol. The number of ketones is 1. The number of carbonyl (C=O) groups is 1. The maximum absolute atomic E-state index is 12.4. The standard InChI is InChI=1S/C12H10Cl2N2OS3/c1-6(19-12-16-15-11(18-2)20-12)10(17)8-4-3-7(13)5-9(8)14/h3-6H,1-2H3. The lowest BCUT2D eigenvalue weighted by Crippen LogP contribution is -2.13. The van der Waals surface area contributed by atoms with Crippen molar-refractivity contribution >= 4 is 63.8 Å². The van der Waals surface area contributed by atoms with Crippen LogP contribution in [0.4, 0.5) is 0 Å². The molecule has 0 N–H and O–H groups in total. The maximum atomic E-state index is 12.4. The Balaban J connectivity index is 2.12. The molecule has 0 radical (unpaired) electrons. The van der Waals surface area contributed by atoms with Crippen LogP contribution in [0.2, 0.25) is 10.0 Å². The molecule has 0 bridgehead atoms. The largest absolute Gasteiger partial charge is 0.293 e. The second-order valence-corrected chi connectivity index (χ2v) is 8.25. The Morgan fingerprint density at radius 2 is 2.00 bits per heavy atom. The van der Waals surface area contributed by atoms with E-state index in [1.54, 1.807) is 18.2 Å². The minimum Gasteiger partial charge on any atom is -0.293 e. The summed E-state index contributed by atoms with van der Waals surface area (Å²) in [6.07, 6.45) is 1.94. The molecule has 1 aromatic heterocycles. The number of halogens is 2. The average molecular weight is 365 g/mol. The fourth-order valence-corrected chi connectivity index (χ4v) is 4.59. The summed E-state index contributed by atoms with van der Waals surface area (Å²) in [5.74, 6) is -0.0439. The van der Waals surface area contributed by atoms with E-state index in [0.717, 1.165) is 8.68 Å². The summed E-state index contributed by atoms with van der Waals surface area (Å²) in [5.41, 5.74) is 0.477. The Morgan fingerprint density at radius 1 is 1.30 bits per heavy atom. The van der Waals surface area contributed by atoms with Gasteiger partial charge in [0.25, 0.3) is 0 Å². The molecule has 0 spiro atoms. The van der Waals surface area contributed by atoms with Crippen molar-refractivity contribution in [2.45, 2.75) is 20.9 Å². The van der Waals surface area contributed by atoms with E-state index in [2.05, 4.69) is 10.2 Å². The van der Waals surface area contributed by atoms with Crippen molar-refractivity contribution in [2.24, 2.45) is 0 Å². The first-order valence-electron chi connectivity index (χ1n) is 5.54. The number of hydrogen-bond donors (Lipinski definition) is 0. The number of Topliss-reactive ketones (excluding diaryl/α,β-unsaturated/α-hetero) is 1. The Bertz CT molecular complexity index is 633. The minimum atomic E-state index is -0.281. The third-order valence-corrected chi connectivity index (χ3v) is 6.04. The number of rotatable bonds is 5. The molecule has 1 atom stereocenters. The van der Waals surface area contributed by atoms with Crippen molar-refractivity contribution in [3.8, 4) is 0 Å². The molecule has 106 valence electrons. The van der Waals surface area contributed by atoms with Gasteiger partial charge in [-0.25, -0.2) is 0 Å². The van der Waals surface area contributed by atoms with E-state index in [1.807, 2.05) is 13.2 Å². The molecule has 0 aliphatic rings. The van der Waals surface area contributed by atoms with Gasteiger partial charge in [0.05, 0.1) is 10.3 Å². The lowest BCUT2D eigenvalue weighted by atomic mass is 10.1. The van der Waals surface area contributed by atoms with Crippen LogP contribution in [0, 0.1) is 0 Å². The molecule has 0 aliphatic carbocycles. The zero-order valence-corrected chi connectivity index (χ0v) is 14.6. The van der Waals surface area contributed by atoms with Gasteiger partial charge in [-0.1, -0.05) is 58.1 Å². The Kier molecular flexibility index (Phi) is 5.74. The Labute approximate surface area is 139 Å². The van der Waals surface area contributed by atoms with Crippen LogP contribution in [0.15, 0.2) is 26.9 Å². The summed E-state index contributed by atoms with van der Waals surface area (Å²) in [4.78, 5) is 12.4. The van der Waals surface area contributed by atoms with Gasteiger partial charge in [0.15, 0.2) is 14.5 Å². The first-order valence-corrected chi connectivity index (χ1v) is 9.22. The fraction of sp³-hybridized carbons (Fsp3) is 0.250. The second-order valence-electron chi connectivity index (χ2n) is 3.79. The summed E-state index contributed by atoms with van der Waals surface area (Å²) < 4.78 is 1.66. The summed E-state index contributed by atoms with van der Waals surface area (Å²) in [7, 11) is 0. The molecule has 3 nitrogen and oxygen atoms in total. The van der Waals surface area contributed by atoms with Gasteiger partial charge in [-0.05, 0) is 31.4 Å². The summed E-state index contributed by atoms with van der Waals surface area (Å²) >= 11 is 16.3. The van der Waals surface area contributed by atoms with E-state index in [9.17, 15) is 4.79 Å². The van der Waals surface area contributed by atoms with Crippen molar-refractivity contribution in [1.29, 1.82) is 0 Å². The third kappa shape index (κ3) is 3.89. The van der Waals surface area contributed by atoms with Crippen molar-refractivity contribution < 1.29 is 4.79 Å². The van der Waals surface area contributed by atoms with Gasteiger partial charge in [0, 0.05) is 10.6 Å². The molecule has 0 saturated carbocycles. The van der Waals surface area contributed by atoms with Crippen LogP contribution in [-0.2, 0) is 0 Å². The predicted octanol–water partition coefficient (Wildman–Crippen LogP) is 4.93. The Hall–Kier alpha value is -0.270. The highest BCUT2D eigenvalue weighted by Crippen LogP contribution is 2.32. The second kappa shape index (κ2) is 7.13. The van der Waals surface area contributed by atoms with E-state index in [1.165, 1.54) is 34.9 Å². The van der Waals surface area contributed by atoms with Crippen LogP contribution in [0.5, 0.6) is 0 Å². The molecule has 0 amide bonds. The lowest BCUT2D eigenvalue weighted by Gasteiger charge is -2.09. The lowest BCUT2D eigenvalue weighted by molar-refractivity contribution is 0.0994. The van der Waals surface area contributed by atoms with E-state index in [-0.39, 0.29) is 11.0 Å². The average Bonchev–Trinajstić information content (AvgIpc) is 2.85. The van der Waals surface area contributed by atoms with Gasteiger partial charge in [-0.15, -0.1) is 10.2 Å². The van der Waals surface area contributed by atoms with Crippen molar-refractivity contribution in [3.05, 3.63) is 33.8 Å². The zero-order chi connectivity index (χ0) is 14.7. The van der Waals surface area contributed by atoms with E-state index >= 15 is 0 Å². The highest BCUT2D eigenvalue weighted by atomic mass is 35.5. The van der Waals surface area contributed by atoms with Crippen molar-refractivity contribution in [3.63, 3.8) is 0 Å². The number of carbonyl (C=O) groups excluding carboxylic acids is 1. The smallest absolute Gasteiger partial charge is 0.177 e. The van der Waals surface area contributed by atoms with Crippen LogP contribution in [0.25, 0.3) is 0 Å². The minimum absolute atomic E-state index is 0.0439. The van der Waals surface area contributed by atoms with Crippen molar-refractivity contribution in [1.82, 2.24) is 10.2 Å². The molecule has 2 rings (SSSR count). The van der Waals surface area contributed by atoms with Crippen LogP contribution in [-0.4, -0.2) is 27.5 Å². The normalized spacial score (nSPS) is 12.4. The molecular formula is C12H10Cl2N2OS3. The number of benzene rings is 1. The van der Waals surface area contributed by atoms with Gasteiger partial charge in [-0.2, -0.15) is 0 Å². The number of aromatic nitrogens is 2. The van der Waals surface area contributed by atoms with E-state index < -0.39 is 0 Å². The SMILES string of the molecule is CSc1nnc(SC(C)C(=O)c2ccc(Cl)cc2Cl)s1. The quantitative estimate of drug-likeness (QED) is 0.555. The summed E-state index contributed by atoms with van der Waals surface area (Å²) in [6, 6.07) is 4.89. The van der Waals surface area contributed by atoms with E-state index in [0.29, 0.717) is 15.6 Å². The van der Waals surface area contributed by atoms with Gasteiger partial charge < -0.3 is 0 Å². The van der Waals surface area contributed by atoms with Gasteiger partial charge in [0.2, 0.25) is 0 Å². The molecule has 0 fully saturated rings. The van der Waals surface area contributed by atoms with Gasteiger partial charge >= 0.3 is 0 Å². The highest BCUT2D eigenvalue weighted by Gasteiger charge is 2.21. The van der Waals surface area contributed by atoms with Crippen LogP contribution in [0.3, 0.4) is 0 Å². The fourth-order valence-electron chi connectivity index (χ4n) is 1.44. The zero-order valence-electron chi connectivity index (χ0n) is 10.6. The van der Waals surface area contributed by atoms with Crippen LogP contribution >= 0.6 is 58.1 Å². The molecule has 2 aromatic rings. The first-order chi connectivity index (χ1) is 9.51. The molecule has 20 heavy (non-hydrogen) atoms. The van der Waals surface area contributed by atoms with E-state index in [4.69, 9.17) is 23.2 Å². The van der Waals surface area contributed by atoms with Gasteiger partial charge in [0.1, 0.15) is 0 Å². The number of hydrogen-bond acceptors (Lipinski definition) is 6. The highest BCUT2D eigenvalue weighted by molar-refractivity contribution is 8.03. The topological polar surface area (TPSA) is 42.9 Å². The molecule has 1 aromatic carbocycles. The summed E-state index contributed by atoms with van der Waals surface area (Å²) in [6.45, 7) is 1.83. The number of thioether (sulfide) groups is 2. The maximum Gasteiger partial charge on any atom is 0.177 e. The number of nitrogens with zero attached hydrogens (tertiary/aromatic N) is 2. The molecule has 1 heterocycles. The molecule has 0 aliphatic heterocycles. The van der Waals surface area contributed by atoms with Crippen LogP contribution < -0.4 is 0 Å². The van der Waals surface area contributed by atoms with Crippen LogP contribution in [0.1, 0.15) is 17.3 Å². The third-order valence-electron chi connectivity index (χ3n) is 2.41. The summed E-state index contributed by atoms with van der Waals surface area (Å²) in [5, 5.41) is 8.65. The molecule has 0 saturated heterocycles. The monoisotopic (exact) mass is 364 g/mol. The molecule has 8 heteroatoms. The van der Waals surface area contributed by atoms with Gasteiger partial charge in [-0.3, -0.25) is 4.79 Å². The Morgan fingerprint density at radius 3 is 2.60 bits per heavy atom. The first kappa shape index (κ1) is 16.1.